The van der Waals surface area contributed by atoms with Gasteiger partial charge in [0.05, 0.1) is 5.39 Å². The lowest BCUT2D eigenvalue weighted by molar-refractivity contribution is 0.0905. The Morgan fingerprint density at radius 2 is 1.62 bits per heavy atom. The van der Waals surface area contributed by atoms with Crippen molar-refractivity contribution in [1.29, 1.82) is 0 Å². The fourth-order valence-electron chi connectivity index (χ4n) is 3.52. The van der Waals surface area contributed by atoms with Crippen LogP contribution in [-0.2, 0) is 12.8 Å². The molecule has 0 saturated carbocycles. The number of aromatic nitrogens is 2. The monoisotopic (exact) mass is 319 g/mol. The van der Waals surface area contributed by atoms with Crippen LogP contribution in [0.25, 0.3) is 10.8 Å². The summed E-state index contributed by atoms with van der Waals surface area (Å²) in [5.41, 5.74) is 2.14. The number of carbonyl (C=O) groups is 1. The zero-order valence-corrected chi connectivity index (χ0v) is 13.3. The fraction of sp³-hybridized carbons (Fsp3) is 0.211. The van der Waals surface area contributed by atoms with Crippen molar-refractivity contribution in [2.45, 2.75) is 25.3 Å². The molecule has 24 heavy (non-hydrogen) atoms. The molecule has 1 aliphatic rings. The van der Waals surface area contributed by atoms with Gasteiger partial charge in [0, 0.05) is 10.9 Å². The number of fused-ring (bicyclic) bond motifs is 2. The Morgan fingerprint density at radius 3 is 2.29 bits per heavy atom. The first-order chi connectivity index (χ1) is 11.6. The van der Waals surface area contributed by atoms with Crippen molar-refractivity contribution in [3.05, 3.63) is 75.7 Å². The van der Waals surface area contributed by atoms with E-state index in [4.69, 9.17) is 0 Å². The molecule has 5 nitrogen and oxygen atoms in total. The average Bonchev–Trinajstić information content (AvgIpc) is 2.91. The van der Waals surface area contributed by atoms with Gasteiger partial charge in [-0.25, -0.2) is 5.10 Å². The maximum absolute atomic E-state index is 12.8. The predicted octanol–water partition coefficient (Wildman–Crippen LogP) is 2.21. The van der Waals surface area contributed by atoms with Crippen LogP contribution in [0.3, 0.4) is 0 Å². The molecule has 0 spiro atoms. The highest BCUT2D eigenvalue weighted by molar-refractivity contribution is 6.05. The molecule has 0 bridgehead atoms. The number of hydrogen-bond acceptors (Lipinski definition) is 3. The van der Waals surface area contributed by atoms with Crippen molar-refractivity contribution >= 4 is 16.7 Å². The predicted molar refractivity (Wildman–Crippen MR) is 92.1 cm³/mol. The second-order valence-corrected chi connectivity index (χ2v) is 6.58. The highest BCUT2D eigenvalue weighted by Crippen LogP contribution is 2.30. The van der Waals surface area contributed by atoms with E-state index in [9.17, 15) is 9.59 Å². The summed E-state index contributed by atoms with van der Waals surface area (Å²) in [6.45, 7) is 2.04. The van der Waals surface area contributed by atoms with Crippen molar-refractivity contribution in [3.8, 4) is 0 Å². The van der Waals surface area contributed by atoms with E-state index < -0.39 is 0 Å². The van der Waals surface area contributed by atoms with Crippen LogP contribution in [0.5, 0.6) is 0 Å². The van der Waals surface area contributed by atoms with Crippen LogP contribution in [0.1, 0.15) is 28.5 Å². The van der Waals surface area contributed by atoms with Crippen molar-refractivity contribution in [3.63, 3.8) is 0 Å². The Kier molecular flexibility index (Phi) is 3.23. The van der Waals surface area contributed by atoms with E-state index in [1.54, 1.807) is 24.3 Å². The first kappa shape index (κ1) is 14.6. The molecule has 0 atom stereocenters. The van der Waals surface area contributed by atoms with Gasteiger partial charge in [0.25, 0.3) is 11.5 Å². The van der Waals surface area contributed by atoms with Crippen molar-refractivity contribution < 1.29 is 4.79 Å². The summed E-state index contributed by atoms with van der Waals surface area (Å²) >= 11 is 0. The van der Waals surface area contributed by atoms with Gasteiger partial charge in [-0.3, -0.25) is 9.59 Å². The maximum atomic E-state index is 12.8. The molecule has 1 heterocycles. The number of hydrogen-bond donors (Lipinski definition) is 2. The Balaban J connectivity index is 1.67. The number of aromatic amines is 1. The number of H-pyrrole nitrogens is 1. The zero-order chi connectivity index (χ0) is 16.7. The summed E-state index contributed by atoms with van der Waals surface area (Å²) < 4.78 is 0. The minimum atomic E-state index is -0.348. The number of rotatable bonds is 2. The zero-order valence-electron chi connectivity index (χ0n) is 13.3. The number of amides is 1. The van der Waals surface area contributed by atoms with Gasteiger partial charge in [0.2, 0.25) is 0 Å². The highest BCUT2D eigenvalue weighted by atomic mass is 16.2. The molecular weight excluding hydrogens is 302 g/mol. The fourth-order valence-corrected chi connectivity index (χ4v) is 3.52. The molecule has 1 aromatic heterocycles. The Labute approximate surface area is 138 Å². The molecule has 0 saturated heterocycles. The van der Waals surface area contributed by atoms with Crippen LogP contribution in [0.2, 0.25) is 0 Å². The van der Waals surface area contributed by atoms with Gasteiger partial charge in [-0.1, -0.05) is 42.5 Å². The molecule has 4 rings (SSSR count). The third kappa shape index (κ3) is 2.38. The Bertz CT molecular complexity index is 982. The van der Waals surface area contributed by atoms with E-state index in [0.29, 0.717) is 10.8 Å². The summed E-state index contributed by atoms with van der Waals surface area (Å²) in [7, 11) is 0. The van der Waals surface area contributed by atoms with Crippen LogP contribution >= 0.6 is 0 Å². The topological polar surface area (TPSA) is 74.8 Å². The molecule has 0 fully saturated rings. The van der Waals surface area contributed by atoms with Crippen LogP contribution in [0, 0.1) is 0 Å². The summed E-state index contributed by atoms with van der Waals surface area (Å²) in [4.78, 5) is 24.6. The van der Waals surface area contributed by atoms with E-state index in [1.165, 1.54) is 11.1 Å². The lowest BCUT2D eigenvalue weighted by atomic mass is 9.98. The molecule has 2 N–H and O–H groups in total. The smallest absolute Gasteiger partial charge is 0.272 e. The number of nitrogens with zero attached hydrogens (tertiary/aromatic N) is 1. The highest BCUT2D eigenvalue weighted by Gasteiger charge is 2.34. The molecule has 1 aliphatic carbocycles. The molecular formula is C19H17N3O2. The molecule has 1 amide bonds. The standard InChI is InChI=1S/C19H17N3O2/c1-19(10-12-6-2-3-7-13(12)11-19)20-18(24)16-14-8-4-5-9-15(14)17(23)22-21-16/h2-9H,10-11H2,1H3,(H,20,24)(H,22,23). The van der Waals surface area contributed by atoms with E-state index >= 15 is 0 Å². The van der Waals surface area contributed by atoms with Gasteiger partial charge >= 0.3 is 0 Å². The molecule has 5 heteroatoms. The molecule has 2 aromatic carbocycles. The summed E-state index contributed by atoms with van der Waals surface area (Å²) in [5, 5.41) is 10.5. The Morgan fingerprint density at radius 1 is 1.04 bits per heavy atom. The van der Waals surface area contributed by atoms with Crippen LogP contribution in [-0.4, -0.2) is 21.6 Å². The Hall–Kier alpha value is -2.95. The van der Waals surface area contributed by atoms with Gasteiger partial charge in [-0.15, -0.1) is 0 Å². The lowest BCUT2D eigenvalue weighted by Crippen LogP contribution is -2.47. The average molecular weight is 319 g/mol. The minimum absolute atomic E-state index is 0.252. The summed E-state index contributed by atoms with van der Waals surface area (Å²) in [6, 6.07) is 15.2. The molecule has 120 valence electrons. The second kappa shape index (κ2) is 5.30. The van der Waals surface area contributed by atoms with E-state index in [0.717, 1.165) is 12.8 Å². The van der Waals surface area contributed by atoms with Gasteiger partial charge in [0.15, 0.2) is 5.69 Å². The van der Waals surface area contributed by atoms with Crippen molar-refractivity contribution in [2.24, 2.45) is 0 Å². The van der Waals surface area contributed by atoms with Crippen LogP contribution < -0.4 is 10.9 Å². The van der Waals surface area contributed by atoms with Crippen molar-refractivity contribution in [2.75, 3.05) is 0 Å². The van der Waals surface area contributed by atoms with Gasteiger partial charge in [-0.2, -0.15) is 5.10 Å². The molecule has 0 aliphatic heterocycles. The minimum Gasteiger partial charge on any atom is -0.345 e. The molecule has 3 aromatic rings. The SMILES string of the molecule is CC1(NC(=O)c2n[nH]c(=O)c3ccccc23)Cc2ccccc2C1. The first-order valence-corrected chi connectivity index (χ1v) is 7.92. The number of nitrogens with one attached hydrogen (secondary N) is 2. The largest absolute Gasteiger partial charge is 0.345 e. The van der Waals surface area contributed by atoms with Crippen molar-refractivity contribution in [1.82, 2.24) is 15.5 Å². The maximum Gasteiger partial charge on any atom is 0.272 e. The van der Waals surface area contributed by atoms with Gasteiger partial charge < -0.3 is 5.32 Å². The normalized spacial score (nSPS) is 15.2. The lowest BCUT2D eigenvalue weighted by Gasteiger charge is -2.25. The number of carbonyl (C=O) groups excluding carboxylic acids is 1. The van der Waals surface area contributed by atoms with Gasteiger partial charge in [0.1, 0.15) is 0 Å². The van der Waals surface area contributed by atoms with Crippen LogP contribution in [0.15, 0.2) is 53.3 Å². The summed E-state index contributed by atoms with van der Waals surface area (Å²) in [6.07, 6.45) is 1.58. The third-order valence-corrected chi connectivity index (χ3v) is 4.61. The van der Waals surface area contributed by atoms with E-state index in [-0.39, 0.29) is 22.7 Å². The first-order valence-electron chi connectivity index (χ1n) is 7.92. The number of benzene rings is 2. The quantitative estimate of drug-likeness (QED) is 0.760. The third-order valence-electron chi connectivity index (χ3n) is 4.61. The second-order valence-electron chi connectivity index (χ2n) is 6.58. The van der Waals surface area contributed by atoms with E-state index in [1.807, 2.05) is 19.1 Å². The molecule has 0 unspecified atom stereocenters. The summed E-state index contributed by atoms with van der Waals surface area (Å²) in [5.74, 6) is -0.266. The van der Waals surface area contributed by atoms with E-state index in [2.05, 4.69) is 27.6 Å². The molecule has 0 radical (unpaired) electrons. The van der Waals surface area contributed by atoms with Crippen LogP contribution in [0.4, 0.5) is 0 Å². The van der Waals surface area contributed by atoms with Gasteiger partial charge in [-0.05, 0) is 37.0 Å².